The Morgan fingerprint density at radius 3 is 1.67 bits per heavy atom. The quantitative estimate of drug-likeness (QED) is 0.404. The molecule has 0 heterocycles. The second kappa shape index (κ2) is 3.85. The summed E-state index contributed by atoms with van der Waals surface area (Å²) in [5.41, 5.74) is 0. The number of carboxylic acids is 2. The van der Waals surface area contributed by atoms with E-state index in [4.69, 9.17) is 10.2 Å². The molecule has 0 aliphatic carbocycles. The second-order valence-electron chi connectivity index (χ2n) is 1.48. The highest BCUT2D eigenvalue weighted by atomic mass is 16.4. The van der Waals surface area contributed by atoms with Gasteiger partial charge in [-0.25, -0.2) is 9.59 Å². The number of hydrogen-bond donors (Lipinski definition) is 3. The Bertz CT molecular complexity index is 108. The Morgan fingerprint density at radius 2 is 1.44 bits per heavy atom. The van der Waals surface area contributed by atoms with Crippen LogP contribution in [0.25, 0.3) is 0 Å². The van der Waals surface area contributed by atoms with Crippen molar-refractivity contribution in [1.82, 2.24) is 0 Å². The third-order valence-electron chi connectivity index (χ3n) is 0.638. The van der Waals surface area contributed by atoms with E-state index in [0.29, 0.717) is 0 Å². The Kier molecular flexibility index (Phi) is 3.38. The van der Waals surface area contributed by atoms with Crippen molar-refractivity contribution in [2.24, 2.45) is 0 Å². The molecule has 0 amide bonds. The van der Waals surface area contributed by atoms with E-state index in [2.05, 4.69) is 0 Å². The summed E-state index contributed by atoms with van der Waals surface area (Å²) < 4.78 is 0. The second-order valence-corrected chi connectivity index (χ2v) is 1.48. The van der Waals surface area contributed by atoms with Gasteiger partial charge in [0.2, 0.25) is 0 Å². The molecule has 0 unspecified atom stereocenters. The number of carboxylic acid groups (broad SMARTS) is 2. The van der Waals surface area contributed by atoms with Crippen LogP contribution >= 0.6 is 0 Å². The molecule has 0 atom stereocenters. The van der Waals surface area contributed by atoms with E-state index in [-0.39, 0.29) is 13.1 Å². The van der Waals surface area contributed by atoms with Crippen LogP contribution in [0.4, 0.5) is 0 Å². The van der Waals surface area contributed by atoms with Crippen LogP contribution in [-0.2, 0) is 9.59 Å². The molecule has 0 aromatic rings. The highest BCUT2D eigenvalue weighted by Gasteiger charge is 2.01. The van der Waals surface area contributed by atoms with Gasteiger partial charge < -0.3 is 15.5 Å². The minimum absolute atomic E-state index is 0.188. The van der Waals surface area contributed by atoms with E-state index >= 15 is 0 Å². The van der Waals surface area contributed by atoms with Crippen LogP contribution in [0.5, 0.6) is 0 Å². The van der Waals surface area contributed by atoms with Gasteiger partial charge in [0.15, 0.2) is 13.1 Å². The molecular weight excluding hydrogens is 126 g/mol. The molecular formula is C4H8NO4+. The molecule has 0 rings (SSSR count). The SMILES string of the molecule is O=C(O)C[NH2+]CC(=O)O. The van der Waals surface area contributed by atoms with Gasteiger partial charge in [0, 0.05) is 0 Å². The van der Waals surface area contributed by atoms with Crippen molar-refractivity contribution in [2.75, 3.05) is 13.1 Å². The number of hydrogen-bond acceptors (Lipinski definition) is 2. The average Bonchev–Trinajstić information content (AvgIpc) is 1.63. The summed E-state index contributed by atoms with van der Waals surface area (Å²) in [6.07, 6.45) is 0. The third-order valence-corrected chi connectivity index (χ3v) is 0.638. The number of aliphatic carboxylic acids is 2. The Hall–Kier alpha value is -1.10. The molecule has 0 fully saturated rings. The van der Waals surface area contributed by atoms with Crippen molar-refractivity contribution in [3.8, 4) is 0 Å². The highest BCUT2D eigenvalue weighted by Crippen LogP contribution is 1.49. The Labute approximate surface area is 51.3 Å². The maximum atomic E-state index is 9.76. The number of nitrogens with two attached hydrogens (primary N) is 1. The summed E-state index contributed by atoms with van der Waals surface area (Å²) in [6.45, 7) is -0.376. The van der Waals surface area contributed by atoms with E-state index in [9.17, 15) is 9.59 Å². The predicted molar refractivity (Wildman–Crippen MR) is 26.9 cm³/mol. The molecule has 0 bridgehead atoms. The van der Waals surface area contributed by atoms with Crippen molar-refractivity contribution < 1.29 is 25.1 Å². The lowest BCUT2D eigenvalue weighted by atomic mass is 10.6. The summed E-state index contributed by atoms with van der Waals surface area (Å²) in [4.78, 5) is 19.5. The van der Waals surface area contributed by atoms with Crippen molar-refractivity contribution in [3.05, 3.63) is 0 Å². The van der Waals surface area contributed by atoms with E-state index in [1.54, 1.807) is 0 Å². The maximum absolute atomic E-state index is 9.76. The molecule has 0 aromatic heterocycles. The molecule has 0 aliphatic heterocycles. The summed E-state index contributed by atoms with van der Waals surface area (Å²) in [5, 5.41) is 17.2. The van der Waals surface area contributed by atoms with Crippen LogP contribution < -0.4 is 5.32 Å². The van der Waals surface area contributed by atoms with Crippen LogP contribution in [0, 0.1) is 0 Å². The molecule has 0 aromatic carbocycles. The normalized spacial score (nSPS) is 8.89. The fourth-order valence-electron chi connectivity index (χ4n) is 0.319. The summed E-state index contributed by atoms with van der Waals surface area (Å²) in [5.74, 6) is -2.01. The molecule has 0 spiro atoms. The molecule has 5 nitrogen and oxygen atoms in total. The third kappa shape index (κ3) is 6.90. The number of rotatable bonds is 4. The first-order valence-corrected chi connectivity index (χ1v) is 2.38. The van der Waals surface area contributed by atoms with Gasteiger partial charge in [-0.05, 0) is 0 Å². The molecule has 52 valence electrons. The standard InChI is InChI=1S/C4H7NO4/c6-3(7)1-5-2-4(8)9/h5H,1-2H2,(H,6,7)(H,8,9)/p+1. The van der Waals surface area contributed by atoms with Crippen LogP contribution in [0.1, 0.15) is 0 Å². The monoisotopic (exact) mass is 134 g/mol. The zero-order chi connectivity index (χ0) is 7.28. The van der Waals surface area contributed by atoms with Gasteiger partial charge in [-0.15, -0.1) is 0 Å². The smallest absolute Gasteiger partial charge is 0.359 e. The lowest BCUT2D eigenvalue weighted by molar-refractivity contribution is -0.635. The molecule has 5 heteroatoms. The highest BCUT2D eigenvalue weighted by molar-refractivity contribution is 5.69. The van der Waals surface area contributed by atoms with Gasteiger partial charge in [0.25, 0.3) is 0 Å². The Morgan fingerprint density at radius 1 is 1.11 bits per heavy atom. The zero-order valence-corrected chi connectivity index (χ0v) is 4.70. The largest absolute Gasteiger partial charge is 0.477 e. The van der Waals surface area contributed by atoms with Crippen molar-refractivity contribution in [1.29, 1.82) is 0 Å². The lowest BCUT2D eigenvalue weighted by Gasteiger charge is -1.90. The van der Waals surface area contributed by atoms with Gasteiger partial charge in [-0.3, -0.25) is 0 Å². The zero-order valence-electron chi connectivity index (χ0n) is 4.70. The van der Waals surface area contributed by atoms with Crippen molar-refractivity contribution in [3.63, 3.8) is 0 Å². The van der Waals surface area contributed by atoms with Gasteiger partial charge >= 0.3 is 11.9 Å². The van der Waals surface area contributed by atoms with E-state index in [1.165, 1.54) is 5.32 Å². The van der Waals surface area contributed by atoms with Crippen LogP contribution in [0.3, 0.4) is 0 Å². The topological polar surface area (TPSA) is 91.2 Å². The van der Waals surface area contributed by atoms with Crippen molar-refractivity contribution in [2.45, 2.75) is 0 Å². The number of carbonyl (C=O) groups is 2. The van der Waals surface area contributed by atoms with Crippen LogP contribution in [-0.4, -0.2) is 35.2 Å². The molecule has 0 radical (unpaired) electrons. The summed E-state index contributed by atoms with van der Waals surface area (Å²) >= 11 is 0. The van der Waals surface area contributed by atoms with Gasteiger partial charge in [-0.1, -0.05) is 0 Å². The maximum Gasteiger partial charge on any atom is 0.359 e. The molecule has 4 N–H and O–H groups in total. The van der Waals surface area contributed by atoms with Gasteiger partial charge in [0.05, 0.1) is 0 Å². The van der Waals surface area contributed by atoms with Crippen molar-refractivity contribution >= 4 is 11.9 Å². The van der Waals surface area contributed by atoms with Gasteiger partial charge in [-0.2, -0.15) is 0 Å². The first-order chi connectivity index (χ1) is 4.13. The summed E-state index contributed by atoms with van der Waals surface area (Å²) in [7, 11) is 0. The minimum Gasteiger partial charge on any atom is -0.477 e. The first kappa shape index (κ1) is 7.90. The number of quaternary nitrogens is 1. The van der Waals surface area contributed by atoms with E-state index in [1.807, 2.05) is 0 Å². The van der Waals surface area contributed by atoms with E-state index in [0.717, 1.165) is 0 Å². The molecule has 0 aliphatic rings. The van der Waals surface area contributed by atoms with Crippen LogP contribution in [0.15, 0.2) is 0 Å². The Balaban J connectivity index is 3.10. The lowest BCUT2D eigenvalue weighted by Crippen LogP contribution is -2.87. The molecule has 0 saturated carbocycles. The summed E-state index contributed by atoms with van der Waals surface area (Å²) in [6, 6.07) is 0. The van der Waals surface area contributed by atoms with E-state index < -0.39 is 11.9 Å². The molecule has 9 heavy (non-hydrogen) atoms. The average molecular weight is 134 g/mol. The fourth-order valence-corrected chi connectivity index (χ4v) is 0.319. The first-order valence-electron chi connectivity index (χ1n) is 2.38. The fraction of sp³-hybridized carbons (Fsp3) is 0.500. The minimum atomic E-state index is -1.00. The predicted octanol–water partition coefficient (Wildman–Crippen LogP) is -2.28. The molecule has 0 saturated heterocycles. The van der Waals surface area contributed by atoms with Crippen LogP contribution in [0.2, 0.25) is 0 Å². The van der Waals surface area contributed by atoms with Gasteiger partial charge in [0.1, 0.15) is 0 Å².